The van der Waals surface area contributed by atoms with Crippen molar-refractivity contribution in [3.05, 3.63) is 10.6 Å². The van der Waals surface area contributed by atoms with Crippen molar-refractivity contribution in [2.75, 3.05) is 7.11 Å². The lowest BCUT2D eigenvalue weighted by Gasteiger charge is -2.13. The fourth-order valence-electron chi connectivity index (χ4n) is 1.57. The van der Waals surface area contributed by atoms with Crippen molar-refractivity contribution in [3.63, 3.8) is 0 Å². The van der Waals surface area contributed by atoms with Crippen molar-refractivity contribution in [1.82, 2.24) is 0 Å². The molecule has 0 spiro atoms. The van der Waals surface area contributed by atoms with E-state index >= 15 is 0 Å². The van der Waals surface area contributed by atoms with Gasteiger partial charge in [0.05, 0.1) is 6.10 Å². The fraction of sp³-hybridized carbons (Fsp3) is 0.800. The third-order valence-corrected chi connectivity index (χ3v) is 3.19. The van der Waals surface area contributed by atoms with Crippen LogP contribution in [0.3, 0.4) is 0 Å². The van der Waals surface area contributed by atoms with Crippen molar-refractivity contribution < 1.29 is 4.74 Å². The number of methoxy groups -OCH3 is 1. The Balaban J connectivity index is 2.49. The van der Waals surface area contributed by atoms with Gasteiger partial charge in [0.25, 0.3) is 0 Å². The van der Waals surface area contributed by atoms with E-state index in [0.29, 0.717) is 6.10 Å². The quantitative estimate of drug-likeness (QED) is 0.671. The maximum atomic E-state index is 5.38. The lowest BCUT2D eigenvalue weighted by Crippen LogP contribution is -2.09. The van der Waals surface area contributed by atoms with Crippen LogP contribution in [-0.2, 0) is 4.74 Å². The van der Waals surface area contributed by atoms with Crippen LogP contribution in [0.5, 0.6) is 0 Å². The average Bonchev–Trinajstić information content (AvgIpc) is 2.17. The van der Waals surface area contributed by atoms with Crippen LogP contribution in [0.4, 0.5) is 0 Å². The SMILES string of the molecule is COC1CCCCCC/C=C/1Br. The molecule has 0 amide bonds. The Hall–Kier alpha value is 0.180. The average molecular weight is 233 g/mol. The van der Waals surface area contributed by atoms with Gasteiger partial charge in [-0.2, -0.15) is 0 Å². The van der Waals surface area contributed by atoms with Gasteiger partial charge in [0, 0.05) is 11.6 Å². The number of rotatable bonds is 1. The van der Waals surface area contributed by atoms with E-state index in [1.54, 1.807) is 7.11 Å². The molecule has 1 unspecified atom stereocenters. The third kappa shape index (κ3) is 3.28. The summed E-state index contributed by atoms with van der Waals surface area (Å²) in [6, 6.07) is 0. The molecule has 0 aromatic heterocycles. The second kappa shape index (κ2) is 5.76. The van der Waals surface area contributed by atoms with E-state index in [0.717, 1.165) is 6.42 Å². The van der Waals surface area contributed by atoms with Gasteiger partial charge in [-0.05, 0) is 19.3 Å². The van der Waals surface area contributed by atoms with Crippen LogP contribution in [0.25, 0.3) is 0 Å². The van der Waals surface area contributed by atoms with Gasteiger partial charge < -0.3 is 4.74 Å². The second-order valence-corrected chi connectivity index (χ2v) is 4.22. The lowest BCUT2D eigenvalue weighted by molar-refractivity contribution is 0.129. The van der Waals surface area contributed by atoms with Crippen LogP contribution >= 0.6 is 15.9 Å². The Morgan fingerprint density at radius 1 is 1.33 bits per heavy atom. The Morgan fingerprint density at radius 2 is 2.08 bits per heavy atom. The molecule has 0 N–H and O–H groups in total. The molecule has 0 saturated carbocycles. The Kier molecular flexibility index (Phi) is 4.93. The predicted octanol–water partition coefficient (Wildman–Crippen LogP) is 3.63. The summed E-state index contributed by atoms with van der Waals surface area (Å²) in [5.41, 5.74) is 0. The van der Waals surface area contributed by atoms with Gasteiger partial charge in [-0.25, -0.2) is 0 Å². The molecule has 1 aliphatic rings. The minimum Gasteiger partial charge on any atom is -0.376 e. The molecule has 0 bridgehead atoms. The van der Waals surface area contributed by atoms with Gasteiger partial charge in [-0.1, -0.05) is 41.3 Å². The zero-order valence-electron chi connectivity index (χ0n) is 7.68. The lowest BCUT2D eigenvalue weighted by atomic mass is 10.1. The summed E-state index contributed by atoms with van der Waals surface area (Å²) >= 11 is 3.57. The van der Waals surface area contributed by atoms with E-state index in [9.17, 15) is 0 Å². The topological polar surface area (TPSA) is 9.23 Å². The molecule has 0 aliphatic heterocycles. The van der Waals surface area contributed by atoms with Crippen LogP contribution in [0.2, 0.25) is 0 Å². The number of hydrogen-bond acceptors (Lipinski definition) is 1. The number of ether oxygens (including phenoxy) is 1. The Bertz CT molecular complexity index is 154. The number of allylic oxidation sites excluding steroid dienone is 1. The minimum absolute atomic E-state index is 0.308. The van der Waals surface area contributed by atoms with E-state index in [1.807, 2.05) is 0 Å². The Morgan fingerprint density at radius 3 is 2.83 bits per heavy atom. The first-order valence-electron chi connectivity index (χ1n) is 4.73. The molecule has 12 heavy (non-hydrogen) atoms. The third-order valence-electron chi connectivity index (χ3n) is 2.35. The molecule has 0 fully saturated rings. The molecular formula is C10H17BrO. The zero-order chi connectivity index (χ0) is 8.81. The molecule has 1 rings (SSSR count). The van der Waals surface area contributed by atoms with Crippen LogP contribution in [-0.4, -0.2) is 13.2 Å². The highest BCUT2D eigenvalue weighted by atomic mass is 79.9. The second-order valence-electron chi connectivity index (χ2n) is 3.30. The fourth-order valence-corrected chi connectivity index (χ4v) is 2.21. The molecule has 2 heteroatoms. The number of hydrogen-bond donors (Lipinski definition) is 0. The molecule has 70 valence electrons. The van der Waals surface area contributed by atoms with Crippen molar-refractivity contribution in [2.45, 2.75) is 44.6 Å². The maximum absolute atomic E-state index is 5.38. The summed E-state index contributed by atoms with van der Waals surface area (Å²) in [4.78, 5) is 0. The van der Waals surface area contributed by atoms with E-state index in [1.165, 1.54) is 36.6 Å². The molecule has 0 heterocycles. The molecule has 0 aromatic carbocycles. The van der Waals surface area contributed by atoms with Crippen LogP contribution in [0.1, 0.15) is 38.5 Å². The van der Waals surface area contributed by atoms with Crippen LogP contribution in [0, 0.1) is 0 Å². The molecule has 1 nitrogen and oxygen atoms in total. The van der Waals surface area contributed by atoms with E-state index in [4.69, 9.17) is 4.74 Å². The van der Waals surface area contributed by atoms with Gasteiger partial charge in [-0.15, -0.1) is 0 Å². The van der Waals surface area contributed by atoms with Gasteiger partial charge >= 0.3 is 0 Å². The highest BCUT2D eigenvalue weighted by molar-refractivity contribution is 9.11. The standard InChI is InChI=1S/C10H17BrO/c1-12-10-8-6-4-2-3-5-7-9(10)11/h7,10H,2-6,8H2,1H3/b9-7-. The van der Waals surface area contributed by atoms with Gasteiger partial charge in [0.15, 0.2) is 0 Å². The first-order chi connectivity index (χ1) is 5.84. The summed E-state index contributed by atoms with van der Waals surface area (Å²) in [5, 5.41) is 0. The highest BCUT2D eigenvalue weighted by Gasteiger charge is 2.11. The maximum Gasteiger partial charge on any atom is 0.0882 e. The van der Waals surface area contributed by atoms with E-state index < -0.39 is 0 Å². The molecule has 0 saturated heterocycles. The molecular weight excluding hydrogens is 216 g/mol. The highest BCUT2D eigenvalue weighted by Crippen LogP contribution is 2.23. The van der Waals surface area contributed by atoms with Crippen LogP contribution in [0.15, 0.2) is 10.6 Å². The first kappa shape index (κ1) is 10.3. The normalized spacial score (nSPS) is 31.2. The van der Waals surface area contributed by atoms with Gasteiger partial charge in [0.1, 0.15) is 0 Å². The summed E-state index contributed by atoms with van der Waals surface area (Å²) < 4.78 is 6.62. The monoisotopic (exact) mass is 232 g/mol. The van der Waals surface area contributed by atoms with Crippen molar-refractivity contribution in [3.8, 4) is 0 Å². The predicted molar refractivity (Wildman–Crippen MR) is 55.5 cm³/mol. The molecule has 1 aliphatic carbocycles. The smallest absolute Gasteiger partial charge is 0.0882 e. The van der Waals surface area contributed by atoms with Crippen LogP contribution < -0.4 is 0 Å². The zero-order valence-corrected chi connectivity index (χ0v) is 9.27. The summed E-state index contributed by atoms with van der Waals surface area (Å²) in [7, 11) is 1.79. The summed E-state index contributed by atoms with van der Waals surface area (Å²) in [6.45, 7) is 0. The molecule has 0 radical (unpaired) electrons. The molecule has 0 aromatic rings. The van der Waals surface area contributed by atoms with Crippen molar-refractivity contribution >= 4 is 15.9 Å². The van der Waals surface area contributed by atoms with Gasteiger partial charge in [0.2, 0.25) is 0 Å². The van der Waals surface area contributed by atoms with E-state index in [-0.39, 0.29) is 0 Å². The summed E-state index contributed by atoms with van der Waals surface area (Å²) in [6.07, 6.45) is 10.3. The Labute approximate surface area is 83.3 Å². The largest absolute Gasteiger partial charge is 0.376 e. The summed E-state index contributed by atoms with van der Waals surface area (Å²) in [5.74, 6) is 0. The van der Waals surface area contributed by atoms with Gasteiger partial charge in [-0.3, -0.25) is 0 Å². The minimum atomic E-state index is 0.308. The van der Waals surface area contributed by atoms with Crippen molar-refractivity contribution in [1.29, 1.82) is 0 Å². The molecule has 1 atom stereocenters. The first-order valence-corrected chi connectivity index (χ1v) is 5.52. The number of halogens is 1. The van der Waals surface area contributed by atoms with E-state index in [2.05, 4.69) is 22.0 Å². The van der Waals surface area contributed by atoms with Crippen molar-refractivity contribution in [2.24, 2.45) is 0 Å².